The van der Waals surface area contributed by atoms with E-state index < -0.39 is 0 Å². The predicted octanol–water partition coefficient (Wildman–Crippen LogP) is 1.68. The van der Waals surface area contributed by atoms with Crippen molar-refractivity contribution in [2.24, 2.45) is 0 Å². The number of pyridine rings is 1. The average Bonchev–Trinajstić information content (AvgIpc) is 2.20. The van der Waals surface area contributed by atoms with Crippen molar-refractivity contribution >= 4 is 11.9 Å². The van der Waals surface area contributed by atoms with Crippen LogP contribution in [-0.4, -0.2) is 18.1 Å². The Kier molecular flexibility index (Phi) is 4.72. The number of anilines is 1. The van der Waals surface area contributed by atoms with Gasteiger partial charge in [0.2, 0.25) is 0 Å². The molecule has 0 unspecified atom stereocenters. The lowest BCUT2D eigenvalue weighted by Gasteiger charge is -1.98. The summed E-state index contributed by atoms with van der Waals surface area (Å²) in [5, 5.41) is 3.25. The molecule has 3 heteroatoms. The molecule has 0 atom stereocenters. The van der Waals surface area contributed by atoms with Gasteiger partial charge in [-0.05, 0) is 31.6 Å². The van der Waals surface area contributed by atoms with E-state index in [-0.39, 0.29) is 0 Å². The predicted molar refractivity (Wildman–Crippen MR) is 60.8 cm³/mol. The molecule has 3 nitrogen and oxygen atoms in total. The van der Waals surface area contributed by atoms with Crippen molar-refractivity contribution in [2.75, 3.05) is 18.8 Å². The van der Waals surface area contributed by atoms with Gasteiger partial charge < -0.3 is 11.1 Å². The highest BCUT2D eigenvalue weighted by atomic mass is 14.8. The summed E-state index contributed by atoms with van der Waals surface area (Å²) in [6, 6.07) is 3.85. The van der Waals surface area contributed by atoms with Crippen LogP contribution in [0.5, 0.6) is 0 Å². The zero-order valence-electron chi connectivity index (χ0n) is 8.53. The van der Waals surface area contributed by atoms with Gasteiger partial charge >= 0.3 is 0 Å². The van der Waals surface area contributed by atoms with Crippen LogP contribution in [0.15, 0.2) is 24.4 Å². The van der Waals surface area contributed by atoms with Gasteiger partial charge in [0.15, 0.2) is 0 Å². The zero-order valence-corrected chi connectivity index (χ0v) is 8.53. The fraction of sp³-hybridized carbons (Fsp3) is 0.364. The van der Waals surface area contributed by atoms with Crippen molar-refractivity contribution in [2.45, 2.75) is 13.3 Å². The third kappa shape index (κ3) is 3.58. The van der Waals surface area contributed by atoms with Crippen LogP contribution in [0.3, 0.4) is 0 Å². The zero-order chi connectivity index (χ0) is 10.2. The minimum absolute atomic E-state index is 0.590. The molecule has 14 heavy (non-hydrogen) atoms. The molecular weight excluding hydrogens is 174 g/mol. The van der Waals surface area contributed by atoms with E-state index in [0.717, 1.165) is 25.1 Å². The van der Waals surface area contributed by atoms with Crippen LogP contribution in [0.1, 0.15) is 18.9 Å². The van der Waals surface area contributed by atoms with Gasteiger partial charge in [-0.2, -0.15) is 0 Å². The van der Waals surface area contributed by atoms with Gasteiger partial charge in [0.1, 0.15) is 5.82 Å². The molecule has 0 bridgehead atoms. The lowest BCUT2D eigenvalue weighted by atomic mass is 10.2. The number of hydrogen-bond acceptors (Lipinski definition) is 3. The first kappa shape index (κ1) is 10.7. The average molecular weight is 191 g/mol. The van der Waals surface area contributed by atoms with Crippen LogP contribution in [-0.2, 0) is 0 Å². The first-order valence-electron chi connectivity index (χ1n) is 4.92. The highest BCUT2D eigenvalue weighted by molar-refractivity contribution is 5.60. The van der Waals surface area contributed by atoms with Gasteiger partial charge in [0.05, 0.1) is 0 Å². The number of nitrogens with zero attached hydrogens (tertiary/aromatic N) is 1. The topological polar surface area (TPSA) is 50.9 Å². The van der Waals surface area contributed by atoms with Crippen molar-refractivity contribution in [1.29, 1.82) is 0 Å². The quantitative estimate of drug-likeness (QED) is 0.696. The van der Waals surface area contributed by atoms with Gasteiger partial charge in [0, 0.05) is 11.8 Å². The summed E-state index contributed by atoms with van der Waals surface area (Å²) >= 11 is 0. The van der Waals surface area contributed by atoms with E-state index in [1.165, 1.54) is 0 Å². The maximum atomic E-state index is 5.68. The summed E-state index contributed by atoms with van der Waals surface area (Å²) in [5.41, 5.74) is 6.67. The van der Waals surface area contributed by atoms with Crippen molar-refractivity contribution in [3.05, 3.63) is 30.0 Å². The molecule has 1 aromatic rings. The molecule has 1 aromatic heterocycles. The molecule has 0 aliphatic rings. The van der Waals surface area contributed by atoms with E-state index in [4.69, 9.17) is 5.73 Å². The SMILES string of the molecule is CCNCCC=Cc1cccnc1N. The van der Waals surface area contributed by atoms with Crippen molar-refractivity contribution in [1.82, 2.24) is 10.3 Å². The first-order chi connectivity index (χ1) is 6.84. The Hall–Kier alpha value is -1.35. The first-order valence-corrected chi connectivity index (χ1v) is 4.92. The number of hydrogen-bond donors (Lipinski definition) is 2. The van der Waals surface area contributed by atoms with Crippen LogP contribution in [0.25, 0.3) is 6.08 Å². The third-order valence-electron chi connectivity index (χ3n) is 1.91. The van der Waals surface area contributed by atoms with Gasteiger partial charge in [-0.1, -0.05) is 19.1 Å². The Morgan fingerprint density at radius 2 is 2.43 bits per heavy atom. The number of rotatable bonds is 5. The molecule has 0 fully saturated rings. The van der Waals surface area contributed by atoms with E-state index >= 15 is 0 Å². The van der Waals surface area contributed by atoms with E-state index in [1.54, 1.807) is 6.20 Å². The molecular formula is C11H17N3. The minimum Gasteiger partial charge on any atom is -0.383 e. The Balaban J connectivity index is 2.40. The lowest BCUT2D eigenvalue weighted by molar-refractivity contribution is 0.727. The molecule has 0 amide bonds. The summed E-state index contributed by atoms with van der Waals surface area (Å²) in [4.78, 5) is 4.01. The molecule has 0 spiro atoms. The number of nitrogens with one attached hydrogen (secondary N) is 1. The second-order valence-electron chi connectivity index (χ2n) is 3.02. The van der Waals surface area contributed by atoms with Crippen LogP contribution >= 0.6 is 0 Å². The molecule has 1 heterocycles. The summed E-state index contributed by atoms with van der Waals surface area (Å²) in [7, 11) is 0. The fourth-order valence-electron chi connectivity index (χ4n) is 1.14. The smallest absolute Gasteiger partial charge is 0.130 e. The molecule has 0 aliphatic heterocycles. The second-order valence-corrected chi connectivity index (χ2v) is 3.02. The molecule has 0 aromatic carbocycles. The summed E-state index contributed by atoms with van der Waals surface area (Å²) in [6.07, 6.45) is 6.84. The highest BCUT2D eigenvalue weighted by Crippen LogP contribution is 2.08. The maximum absolute atomic E-state index is 5.68. The standard InChI is InChI=1S/C11H17N3/c1-2-13-8-4-3-6-10-7-5-9-14-11(10)12/h3,5-7,9,13H,2,4,8H2,1H3,(H2,12,14). The number of nitrogens with two attached hydrogens (primary N) is 1. The van der Waals surface area contributed by atoms with Gasteiger partial charge in [0.25, 0.3) is 0 Å². The maximum Gasteiger partial charge on any atom is 0.130 e. The molecule has 3 N–H and O–H groups in total. The molecule has 0 saturated heterocycles. The fourth-order valence-corrected chi connectivity index (χ4v) is 1.14. The van der Waals surface area contributed by atoms with Gasteiger partial charge in [-0.3, -0.25) is 0 Å². The summed E-state index contributed by atoms with van der Waals surface area (Å²) < 4.78 is 0. The van der Waals surface area contributed by atoms with Gasteiger partial charge in [-0.15, -0.1) is 0 Å². The Morgan fingerprint density at radius 1 is 1.57 bits per heavy atom. The summed E-state index contributed by atoms with van der Waals surface area (Å²) in [6.45, 7) is 4.12. The monoisotopic (exact) mass is 191 g/mol. The number of nitrogen functional groups attached to an aromatic ring is 1. The molecule has 0 radical (unpaired) electrons. The van der Waals surface area contributed by atoms with Crippen LogP contribution < -0.4 is 11.1 Å². The van der Waals surface area contributed by atoms with Crippen LogP contribution in [0.2, 0.25) is 0 Å². The highest BCUT2D eigenvalue weighted by Gasteiger charge is 1.91. The van der Waals surface area contributed by atoms with Gasteiger partial charge in [-0.25, -0.2) is 4.98 Å². The van der Waals surface area contributed by atoms with Crippen molar-refractivity contribution in [3.8, 4) is 0 Å². The third-order valence-corrected chi connectivity index (χ3v) is 1.91. The van der Waals surface area contributed by atoms with E-state index in [0.29, 0.717) is 5.82 Å². The Morgan fingerprint density at radius 3 is 3.14 bits per heavy atom. The van der Waals surface area contributed by atoms with E-state index in [2.05, 4.69) is 23.3 Å². The van der Waals surface area contributed by atoms with E-state index in [1.807, 2.05) is 18.2 Å². The minimum atomic E-state index is 0.590. The molecule has 0 saturated carbocycles. The Bertz CT molecular complexity index is 294. The molecule has 76 valence electrons. The van der Waals surface area contributed by atoms with Crippen molar-refractivity contribution in [3.63, 3.8) is 0 Å². The summed E-state index contributed by atoms with van der Waals surface area (Å²) in [5.74, 6) is 0.590. The number of aromatic nitrogens is 1. The second kappa shape index (κ2) is 6.16. The van der Waals surface area contributed by atoms with Crippen LogP contribution in [0.4, 0.5) is 5.82 Å². The lowest BCUT2D eigenvalue weighted by Crippen LogP contribution is -2.12. The van der Waals surface area contributed by atoms with Crippen molar-refractivity contribution < 1.29 is 0 Å². The van der Waals surface area contributed by atoms with Crippen LogP contribution in [0, 0.1) is 0 Å². The largest absolute Gasteiger partial charge is 0.383 e. The van der Waals surface area contributed by atoms with E-state index in [9.17, 15) is 0 Å². The Labute approximate surface area is 85.0 Å². The molecule has 0 aliphatic carbocycles. The normalized spacial score (nSPS) is 10.9. The molecule has 1 rings (SSSR count).